The van der Waals surface area contributed by atoms with Crippen molar-refractivity contribution in [2.75, 3.05) is 0 Å². The molecule has 0 fully saturated rings. The molecule has 0 radical (unpaired) electrons. The number of unbranched alkanes of at least 4 members (excludes halogenated alkanes) is 2. The summed E-state index contributed by atoms with van der Waals surface area (Å²) in [6, 6.07) is 12.8. The maximum absolute atomic E-state index is 5.64. The molecular formula is C16H23N3. The normalized spacial score (nSPS) is 12.7. The first-order valence-electron chi connectivity index (χ1n) is 7.14. The summed E-state index contributed by atoms with van der Waals surface area (Å²) in [6.45, 7) is 2.22. The predicted octanol–water partition coefficient (Wildman–Crippen LogP) is 3.19. The van der Waals surface area contributed by atoms with E-state index >= 15 is 0 Å². The van der Waals surface area contributed by atoms with Gasteiger partial charge >= 0.3 is 0 Å². The quantitative estimate of drug-likeness (QED) is 0.455. The summed E-state index contributed by atoms with van der Waals surface area (Å²) in [5, 5.41) is 1.19. The molecule has 3 N–H and O–H groups in total. The summed E-state index contributed by atoms with van der Waals surface area (Å²) >= 11 is 0. The minimum Gasteiger partial charge on any atom is -0.271 e. The number of benzene rings is 1. The third-order valence-electron chi connectivity index (χ3n) is 3.50. The zero-order valence-corrected chi connectivity index (χ0v) is 11.6. The Balaban J connectivity index is 2.02. The van der Waals surface area contributed by atoms with E-state index in [2.05, 4.69) is 36.6 Å². The second-order valence-corrected chi connectivity index (χ2v) is 5.06. The highest BCUT2D eigenvalue weighted by atomic mass is 15.2. The van der Waals surface area contributed by atoms with Crippen LogP contribution in [-0.4, -0.2) is 11.0 Å². The zero-order chi connectivity index (χ0) is 13.5. The van der Waals surface area contributed by atoms with Gasteiger partial charge in [0.2, 0.25) is 0 Å². The number of para-hydroxylation sites is 1. The average Bonchev–Trinajstić information content (AvgIpc) is 2.46. The van der Waals surface area contributed by atoms with Gasteiger partial charge in [0.05, 0.1) is 5.52 Å². The van der Waals surface area contributed by atoms with Crippen LogP contribution >= 0.6 is 0 Å². The lowest BCUT2D eigenvalue weighted by atomic mass is 10.0. The van der Waals surface area contributed by atoms with Crippen LogP contribution in [0.4, 0.5) is 0 Å². The summed E-state index contributed by atoms with van der Waals surface area (Å²) < 4.78 is 0. The molecule has 0 saturated carbocycles. The molecular weight excluding hydrogens is 234 g/mol. The van der Waals surface area contributed by atoms with E-state index in [0.29, 0.717) is 6.04 Å². The Morgan fingerprint density at radius 3 is 2.79 bits per heavy atom. The van der Waals surface area contributed by atoms with Gasteiger partial charge in [-0.05, 0) is 18.6 Å². The summed E-state index contributed by atoms with van der Waals surface area (Å²) in [4.78, 5) is 4.70. The van der Waals surface area contributed by atoms with Crippen LogP contribution < -0.4 is 11.3 Å². The minimum absolute atomic E-state index is 0.320. The Morgan fingerprint density at radius 1 is 1.16 bits per heavy atom. The van der Waals surface area contributed by atoms with Gasteiger partial charge in [-0.3, -0.25) is 16.3 Å². The Bertz CT molecular complexity index is 510. The maximum atomic E-state index is 5.64. The van der Waals surface area contributed by atoms with E-state index < -0.39 is 0 Å². The molecule has 1 aromatic heterocycles. The lowest BCUT2D eigenvalue weighted by Gasteiger charge is -2.15. The van der Waals surface area contributed by atoms with Crippen LogP contribution in [0.1, 0.15) is 38.3 Å². The van der Waals surface area contributed by atoms with Gasteiger partial charge in [0, 0.05) is 23.5 Å². The molecule has 2 aromatic rings. The van der Waals surface area contributed by atoms with Crippen molar-refractivity contribution in [3.63, 3.8) is 0 Å². The smallest absolute Gasteiger partial charge is 0.0705 e. The Labute approximate surface area is 115 Å². The number of hydrogen-bond donors (Lipinski definition) is 2. The first-order chi connectivity index (χ1) is 9.33. The summed E-state index contributed by atoms with van der Waals surface area (Å²) in [6.07, 6.45) is 5.73. The second-order valence-electron chi connectivity index (χ2n) is 5.06. The molecule has 2 rings (SSSR count). The third-order valence-corrected chi connectivity index (χ3v) is 3.50. The van der Waals surface area contributed by atoms with Crippen LogP contribution in [0.25, 0.3) is 10.9 Å². The first-order valence-corrected chi connectivity index (χ1v) is 7.14. The van der Waals surface area contributed by atoms with E-state index in [1.807, 2.05) is 12.1 Å². The fourth-order valence-corrected chi connectivity index (χ4v) is 2.36. The number of pyridine rings is 1. The van der Waals surface area contributed by atoms with Crippen molar-refractivity contribution in [1.29, 1.82) is 0 Å². The fourth-order valence-electron chi connectivity index (χ4n) is 2.36. The average molecular weight is 257 g/mol. The van der Waals surface area contributed by atoms with Crippen LogP contribution in [0.3, 0.4) is 0 Å². The number of aromatic nitrogens is 1. The van der Waals surface area contributed by atoms with Crippen LogP contribution in [0.5, 0.6) is 0 Å². The molecule has 0 aliphatic carbocycles. The minimum atomic E-state index is 0.320. The van der Waals surface area contributed by atoms with E-state index in [1.165, 1.54) is 24.6 Å². The summed E-state index contributed by atoms with van der Waals surface area (Å²) in [7, 11) is 0. The van der Waals surface area contributed by atoms with Crippen LogP contribution in [0.15, 0.2) is 36.4 Å². The van der Waals surface area contributed by atoms with Crippen LogP contribution in [0, 0.1) is 0 Å². The molecule has 0 aliphatic heterocycles. The lowest BCUT2D eigenvalue weighted by molar-refractivity contribution is 0.464. The molecule has 1 atom stereocenters. The van der Waals surface area contributed by atoms with Crippen molar-refractivity contribution in [3.8, 4) is 0 Å². The largest absolute Gasteiger partial charge is 0.271 e. The summed E-state index contributed by atoms with van der Waals surface area (Å²) in [5.41, 5.74) is 5.09. The number of hydrogen-bond acceptors (Lipinski definition) is 3. The second kappa shape index (κ2) is 7.22. The number of rotatable bonds is 7. The first kappa shape index (κ1) is 14.0. The molecule has 3 heteroatoms. The van der Waals surface area contributed by atoms with Crippen LogP contribution in [-0.2, 0) is 6.42 Å². The Kier molecular flexibility index (Phi) is 5.31. The maximum Gasteiger partial charge on any atom is 0.0705 e. The van der Waals surface area contributed by atoms with Crippen molar-refractivity contribution in [1.82, 2.24) is 10.4 Å². The molecule has 1 heterocycles. The van der Waals surface area contributed by atoms with Crippen molar-refractivity contribution >= 4 is 10.9 Å². The van der Waals surface area contributed by atoms with E-state index in [4.69, 9.17) is 10.8 Å². The topological polar surface area (TPSA) is 50.9 Å². The van der Waals surface area contributed by atoms with E-state index in [1.54, 1.807) is 0 Å². The summed E-state index contributed by atoms with van der Waals surface area (Å²) in [5.74, 6) is 5.64. The van der Waals surface area contributed by atoms with E-state index in [-0.39, 0.29) is 0 Å². The molecule has 0 spiro atoms. The number of nitrogens with one attached hydrogen (secondary N) is 1. The monoisotopic (exact) mass is 257 g/mol. The molecule has 0 aliphatic rings. The number of nitrogens with zero attached hydrogens (tertiary/aromatic N) is 1. The van der Waals surface area contributed by atoms with Crippen molar-refractivity contribution in [2.45, 2.75) is 45.1 Å². The lowest BCUT2D eigenvalue weighted by Crippen LogP contribution is -2.36. The molecule has 0 saturated heterocycles. The van der Waals surface area contributed by atoms with Crippen molar-refractivity contribution in [3.05, 3.63) is 42.1 Å². The number of fused-ring (bicyclic) bond motifs is 1. The standard InChI is InChI=1S/C16H23N3/c1-2-3-4-8-15(19-17)12-14-11-10-13-7-5-6-9-16(13)18-14/h5-7,9-11,15,19H,2-4,8,12,17H2,1H3. The van der Waals surface area contributed by atoms with Gasteiger partial charge in [-0.25, -0.2) is 0 Å². The van der Waals surface area contributed by atoms with Crippen molar-refractivity contribution < 1.29 is 0 Å². The number of nitrogens with two attached hydrogens (primary N) is 1. The van der Waals surface area contributed by atoms with Gasteiger partial charge < -0.3 is 0 Å². The van der Waals surface area contributed by atoms with Gasteiger partial charge in [0.25, 0.3) is 0 Å². The molecule has 1 unspecified atom stereocenters. The number of hydrazine groups is 1. The van der Waals surface area contributed by atoms with Gasteiger partial charge in [-0.1, -0.05) is 50.5 Å². The SMILES string of the molecule is CCCCCC(Cc1ccc2ccccc2n1)NN. The molecule has 102 valence electrons. The van der Waals surface area contributed by atoms with Gasteiger partial charge in [-0.15, -0.1) is 0 Å². The molecule has 19 heavy (non-hydrogen) atoms. The fraction of sp³-hybridized carbons (Fsp3) is 0.438. The molecule has 0 amide bonds. The predicted molar refractivity (Wildman–Crippen MR) is 80.7 cm³/mol. The van der Waals surface area contributed by atoms with Gasteiger partial charge in [0.15, 0.2) is 0 Å². The molecule has 1 aromatic carbocycles. The van der Waals surface area contributed by atoms with E-state index in [9.17, 15) is 0 Å². The van der Waals surface area contributed by atoms with Crippen LogP contribution in [0.2, 0.25) is 0 Å². The zero-order valence-electron chi connectivity index (χ0n) is 11.6. The third kappa shape index (κ3) is 4.01. The van der Waals surface area contributed by atoms with Gasteiger partial charge in [-0.2, -0.15) is 0 Å². The molecule has 0 bridgehead atoms. The highest BCUT2D eigenvalue weighted by Crippen LogP contribution is 2.14. The highest BCUT2D eigenvalue weighted by Gasteiger charge is 2.08. The molecule has 3 nitrogen and oxygen atoms in total. The van der Waals surface area contributed by atoms with E-state index in [0.717, 1.165) is 24.1 Å². The highest BCUT2D eigenvalue weighted by molar-refractivity contribution is 5.78. The Morgan fingerprint density at radius 2 is 2.00 bits per heavy atom. The van der Waals surface area contributed by atoms with Crippen molar-refractivity contribution in [2.24, 2.45) is 5.84 Å². The Hall–Kier alpha value is -1.45. The van der Waals surface area contributed by atoms with Gasteiger partial charge in [0.1, 0.15) is 0 Å².